The summed E-state index contributed by atoms with van der Waals surface area (Å²) in [5, 5.41) is 14.4. The largest absolute Gasteiger partial charge is 0.480 e. The van der Waals surface area contributed by atoms with Crippen molar-refractivity contribution in [1.29, 1.82) is 0 Å². The molecule has 0 aromatic carbocycles. The van der Waals surface area contributed by atoms with Gasteiger partial charge in [-0.25, -0.2) is 4.79 Å². The highest BCUT2D eigenvalue weighted by molar-refractivity contribution is 5.87. The predicted octanol–water partition coefficient (Wildman–Crippen LogP) is -1.18. The summed E-state index contributed by atoms with van der Waals surface area (Å²) in [5.41, 5.74) is 4.96. The molecular weight excluding hydrogens is 238 g/mol. The lowest BCUT2D eigenvalue weighted by molar-refractivity contribution is -0.142. The summed E-state index contributed by atoms with van der Waals surface area (Å²) in [7, 11) is 0. The Hall–Kier alpha value is -1.63. The number of carbonyl (C=O) groups is 3. The number of carboxylic acids is 1. The third-order valence-electron chi connectivity index (χ3n) is 3.11. The Morgan fingerprint density at radius 3 is 2.61 bits per heavy atom. The van der Waals surface area contributed by atoms with Crippen LogP contribution in [0, 0.1) is 5.92 Å². The Morgan fingerprint density at radius 2 is 2.17 bits per heavy atom. The van der Waals surface area contributed by atoms with Gasteiger partial charge in [-0.1, -0.05) is 6.92 Å². The monoisotopic (exact) mass is 257 g/mol. The molecule has 1 aliphatic heterocycles. The number of hydrogen-bond donors (Lipinski definition) is 4. The van der Waals surface area contributed by atoms with Gasteiger partial charge in [-0.05, 0) is 25.3 Å². The van der Waals surface area contributed by atoms with Crippen LogP contribution >= 0.6 is 0 Å². The summed E-state index contributed by atoms with van der Waals surface area (Å²) in [5.74, 6) is -1.90. The van der Waals surface area contributed by atoms with Crippen LogP contribution < -0.4 is 16.4 Å². The van der Waals surface area contributed by atoms with Crippen LogP contribution in [0.3, 0.4) is 0 Å². The number of amides is 2. The van der Waals surface area contributed by atoms with E-state index in [0.29, 0.717) is 0 Å². The molecule has 7 heteroatoms. The molecular formula is C11H19N3O4. The van der Waals surface area contributed by atoms with Gasteiger partial charge in [0.2, 0.25) is 11.8 Å². The second-order valence-corrected chi connectivity index (χ2v) is 4.60. The van der Waals surface area contributed by atoms with Crippen LogP contribution in [0.15, 0.2) is 0 Å². The van der Waals surface area contributed by atoms with Gasteiger partial charge in [0.1, 0.15) is 6.04 Å². The zero-order chi connectivity index (χ0) is 13.7. The van der Waals surface area contributed by atoms with Gasteiger partial charge in [0.15, 0.2) is 0 Å². The molecule has 0 aromatic heterocycles. The summed E-state index contributed by atoms with van der Waals surface area (Å²) in [6.45, 7) is 2.68. The van der Waals surface area contributed by atoms with Crippen molar-refractivity contribution < 1.29 is 19.5 Å². The van der Waals surface area contributed by atoms with Crippen LogP contribution in [0.5, 0.6) is 0 Å². The Morgan fingerprint density at radius 1 is 1.50 bits per heavy atom. The van der Waals surface area contributed by atoms with Gasteiger partial charge in [-0.15, -0.1) is 0 Å². The maximum Gasteiger partial charge on any atom is 0.326 e. The molecule has 2 amide bonds. The van der Waals surface area contributed by atoms with E-state index in [9.17, 15) is 14.4 Å². The van der Waals surface area contributed by atoms with Gasteiger partial charge in [0.25, 0.3) is 0 Å². The molecule has 1 aliphatic rings. The van der Waals surface area contributed by atoms with Gasteiger partial charge in [-0.3, -0.25) is 9.59 Å². The SMILES string of the molecule is CC1CCNC1C(=O)N[C@H](CCC(N)=O)C(=O)O. The molecule has 1 fully saturated rings. The minimum atomic E-state index is -1.16. The number of nitrogens with one attached hydrogen (secondary N) is 2. The zero-order valence-corrected chi connectivity index (χ0v) is 10.3. The minimum absolute atomic E-state index is 0.0114. The second kappa shape index (κ2) is 6.34. The van der Waals surface area contributed by atoms with Gasteiger partial charge in [0, 0.05) is 6.42 Å². The summed E-state index contributed by atoms with van der Waals surface area (Å²) in [6.07, 6.45) is 0.833. The molecule has 3 atom stereocenters. The van der Waals surface area contributed by atoms with E-state index in [4.69, 9.17) is 10.8 Å². The molecule has 0 aliphatic carbocycles. The third-order valence-corrected chi connectivity index (χ3v) is 3.11. The fourth-order valence-electron chi connectivity index (χ4n) is 1.99. The van der Waals surface area contributed by atoms with E-state index in [1.165, 1.54) is 0 Å². The third kappa shape index (κ3) is 3.99. The highest BCUT2D eigenvalue weighted by Crippen LogP contribution is 2.14. The van der Waals surface area contributed by atoms with Crippen LogP contribution in [0.25, 0.3) is 0 Å². The quantitative estimate of drug-likeness (QED) is 0.477. The number of carboxylic acid groups (broad SMARTS) is 1. The van der Waals surface area contributed by atoms with E-state index in [2.05, 4.69) is 10.6 Å². The first-order valence-electron chi connectivity index (χ1n) is 5.96. The lowest BCUT2D eigenvalue weighted by Crippen LogP contribution is -2.50. The number of carbonyl (C=O) groups excluding carboxylic acids is 2. The first kappa shape index (κ1) is 14.4. The van der Waals surface area contributed by atoms with Crippen LogP contribution in [-0.2, 0) is 14.4 Å². The van der Waals surface area contributed by atoms with Crippen LogP contribution in [0.1, 0.15) is 26.2 Å². The standard InChI is InChI=1S/C11H19N3O4/c1-6-4-5-13-9(6)10(16)14-7(11(17)18)2-3-8(12)15/h6-7,9,13H,2-5H2,1H3,(H2,12,15)(H,14,16)(H,17,18)/t6?,7-,9?/m1/s1. The van der Waals surface area contributed by atoms with Gasteiger partial charge in [-0.2, -0.15) is 0 Å². The molecule has 18 heavy (non-hydrogen) atoms. The van der Waals surface area contributed by atoms with Gasteiger partial charge >= 0.3 is 5.97 Å². The maximum atomic E-state index is 11.9. The fourth-order valence-corrected chi connectivity index (χ4v) is 1.99. The number of hydrogen-bond acceptors (Lipinski definition) is 4. The molecule has 2 unspecified atom stereocenters. The molecule has 0 spiro atoms. The molecule has 1 heterocycles. The molecule has 0 radical (unpaired) electrons. The van der Waals surface area contributed by atoms with Crippen LogP contribution in [0.4, 0.5) is 0 Å². The smallest absolute Gasteiger partial charge is 0.326 e. The Labute approximate surface area is 105 Å². The molecule has 1 saturated heterocycles. The number of aliphatic carboxylic acids is 1. The van der Waals surface area contributed by atoms with E-state index in [1.807, 2.05) is 6.92 Å². The van der Waals surface area contributed by atoms with Gasteiger partial charge < -0.3 is 21.5 Å². The number of nitrogens with two attached hydrogens (primary N) is 1. The van der Waals surface area contributed by atoms with Crippen LogP contribution in [-0.4, -0.2) is 41.5 Å². The summed E-state index contributed by atoms with van der Waals surface area (Å²) in [6, 6.07) is -1.43. The first-order chi connectivity index (χ1) is 8.41. The molecule has 0 bridgehead atoms. The van der Waals surface area contributed by atoms with Crippen molar-refractivity contribution in [1.82, 2.24) is 10.6 Å². The number of primary amides is 1. The fraction of sp³-hybridized carbons (Fsp3) is 0.727. The van der Waals surface area contributed by atoms with Crippen molar-refractivity contribution >= 4 is 17.8 Å². The zero-order valence-electron chi connectivity index (χ0n) is 10.3. The van der Waals surface area contributed by atoms with Crippen molar-refractivity contribution in [2.45, 2.75) is 38.3 Å². The lowest BCUT2D eigenvalue weighted by Gasteiger charge is -2.19. The maximum absolute atomic E-state index is 11.9. The van der Waals surface area contributed by atoms with Crippen LogP contribution in [0.2, 0.25) is 0 Å². The Balaban J connectivity index is 2.52. The molecule has 7 nitrogen and oxygen atoms in total. The van der Waals surface area contributed by atoms with Gasteiger partial charge in [0.05, 0.1) is 6.04 Å². The molecule has 0 saturated carbocycles. The second-order valence-electron chi connectivity index (χ2n) is 4.60. The molecule has 5 N–H and O–H groups in total. The Kier molecular flexibility index (Phi) is 5.08. The number of rotatable bonds is 6. The van der Waals surface area contributed by atoms with Crippen molar-refractivity contribution in [2.24, 2.45) is 11.7 Å². The predicted molar refractivity (Wildman–Crippen MR) is 63.6 cm³/mol. The average Bonchev–Trinajstić information content (AvgIpc) is 2.69. The summed E-state index contributed by atoms with van der Waals surface area (Å²) in [4.78, 5) is 33.4. The average molecular weight is 257 g/mol. The van der Waals surface area contributed by atoms with Crippen molar-refractivity contribution in [3.63, 3.8) is 0 Å². The highest BCUT2D eigenvalue weighted by Gasteiger charge is 2.31. The molecule has 1 rings (SSSR count). The highest BCUT2D eigenvalue weighted by atomic mass is 16.4. The lowest BCUT2D eigenvalue weighted by atomic mass is 10.0. The topological polar surface area (TPSA) is 122 Å². The van der Waals surface area contributed by atoms with E-state index < -0.39 is 17.9 Å². The summed E-state index contributed by atoms with van der Waals surface area (Å²) >= 11 is 0. The van der Waals surface area contributed by atoms with Crippen molar-refractivity contribution in [2.75, 3.05) is 6.54 Å². The normalized spacial score (nSPS) is 24.5. The van der Waals surface area contributed by atoms with Crippen molar-refractivity contribution in [3.8, 4) is 0 Å². The Bertz CT molecular complexity index is 345. The molecule has 0 aromatic rings. The van der Waals surface area contributed by atoms with E-state index in [1.54, 1.807) is 0 Å². The minimum Gasteiger partial charge on any atom is -0.480 e. The molecule has 102 valence electrons. The summed E-state index contributed by atoms with van der Waals surface area (Å²) < 4.78 is 0. The van der Waals surface area contributed by atoms with Crippen molar-refractivity contribution in [3.05, 3.63) is 0 Å². The van der Waals surface area contributed by atoms with E-state index in [0.717, 1.165) is 13.0 Å². The van der Waals surface area contributed by atoms with E-state index >= 15 is 0 Å². The van der Waals surface area contributed by atoms with E-state index in [-0.39, 0.29) is 30.7 Å². The first-order valence-corrected chi connectivity index (χ1v) is 5.96.